The highest BCUT2D eigenvalue weighted by Crippen LogP contribution is 2.28. The number of halogens is 3. The van der Waals surface area contributed by atoms with Crippen LogP contribution in [0.15, 0.2) is 64.2 Å². The van der Waals surface area contributed by atoms with Gasteiger partial charge in [0.05, 0.1) is 10.4 Å². The van der Waals surface area contributed by atoms with E-state index in [1.54, 1.807) is 30.3 Å². The van der Waals surface area contributed by atoms with Gasteiger partial charge in [0.2, 0.25) is 0 Å². The molecule has 4 aromatic rings. The summed E-state index contributed by atoms with van der Waals surface area (Å²) in [7, 11) is 0.925. The second-order valence-corrected chi connectivity index (χ2v) is 7.26. The third kappa shape index (κ3) is 3.75. The van der Waals surface area contributed by atoms with E-state index in [0.717, 1.165) is 18.6 Å². The Morgan fingerprint density at radius 3 is 2.45 bits per heavy atom. The van der Waals surface area contributed by atoms with Gasteiger partial charge in [-0.05, 0) is 41.9 Å². The van der Waals surface area contributed by atoms with Crippen LogP contribution in [0.25, 0.3) is 15.8 Å². The van der Waals surface area contributed by atoms with Crippen molar-refractivity contribution in [3.8, 4) is 11.4 Å². The lowest BCUT2D eigenvalue weighted by atomic mass is 10.2. The zero-order chi connectivity index (χ0) is 22.3. The van der Waals surface area contributed by atoms with Gasteiger partial charge in [0.25, 0.3) is 5.56 Å². The Bertz CT molecular complexity index is 1420. The molecule has 0 saturated carbocycles. The Morgan fingerprint density at radius 1 is 1.06 bits per heavy atom. The first kappa shape index (κ1) is 20.5. The maximum atomic E-state index is 13.1. The summed E-state index contributed by atoms with van der Waals surface area (Å²) in [6, 6.07) is 12.9. The zero-order valence-electron chi connectivity index (χ0n) is 15.7. The molecule has 4 rings (SSSR count). The molecule has 2 aromatic carbocycles. The van der Waals surface area contributed by atoms with Crippen LogP contribution in [-0.2, 0) is 13.2 Å². The number of hydrogen-bond acceptors (Lipinski definition) is 6. The van der Waals surface area contributed by atoms with Gasteiger partial charge in [-0.3, -0.25) is 9.36 Å². The van der Waals surface area contributed by atoms with Crippen molar-refractivity contribution in [3.63, 3.8) is 0 Å². The summed E-state index contributed by atoms with van der Waals surface area (Å²) in [6.45, 7) is 0. The molecule has 0 radical (unpaired) electrons. The average molecular weight is 447 g/mol. The van der Waals surface area contributed by atoms with E-state index in [-0.39, 0.29) is 11.4 Å². The molecule has 0 amide bonds. The molecule has 0 fully saturated rings. The number of alkyl halides is 3. The number of benzene rings is 2. The topological polar surface area (TPSA) is 83.2 Å². The number of hydrogen-bond donors (Lipinski definition) is 0. The third-order valence-electron chi connectivity index (χ3n) is 4.47. The molecule has 0 atom stereocenters. The lowest BCUT2D eigenvalue weighted by molar-refractivity contribution is -0.144. The Hall–Kier alpha value is -3.73. The molecule has 31 heavy (non-hydrogen) atoms. The first-order chi connectivity index (χ1) is 14.7. The largest absolute Gasteiger partial charge is 0.431 e. The highest BCUT2D eigenvalue weighted by molar-refractivity contribution is 7.13. The number of carbonyl (C=O) groups excluding carboxylic acids is 1. The lowest BCUT2D eigenvalue weighted by Gasteiger charge is -2.14. The molecule has 0 bridgehead atoms. The fourth-order valence-corrected chi connectivity index (χ4v) is 3.74. The standard InChI is InChI=1S/C20H12F3N3O4S/c1-25-15(20(21,22)23)10-16(27)26(19(25)29)11-7-8-14-13(9-11)17(24-31-14)18(28)30-12-5-3-2-4-6-12/h2-10H,1H3. The summed E-state index contributed by atoms with van der Waals surface area (Å²) >= 11 is 1.00. The minimum absolute atomic E-state index is 0.000727. The number of fused-ring (bicyclic) bond motifs is 1. The number of ether oxygens (including phenoxy) is 1. The summed E-state index contributed by atoms with van der Waals surface area (Å²) in [5, 5.41) is 0.303. The minimum atomic E-state index is -4.86. The smallest absolute Gasteiger partial charge is 0.422 e. The Morgan fingerprint density at radius 2 is 1.77 bits per heavy atom. The molecule has 0 unspecified atom stereocenters. The number of aromatic nitrogens is 3. The van der Waals surface area contributed by atoms with Crippen LogP contribution in [-0.4, -0.2) is 19.5 Å². The highest BCUT2D eigenvalue weighted by Gasteiger charge is 2.35. The van der Waals surface area contributed by atoms with Crippen molar-refractivity contribution in [2.24, 2.45) is 7.05 Å². The number of para-hydroxylation sites is 1. The Kier molecular flexibility index (Phi) is 4.97. The van der Waals surface area contributed by atoms with E-state index in [9.17, 15) is 27.6 Å². The summed E-state index contributed by atoms with van der Waals surface area (Å²) in [5.74, 6) is -0.445. The predicted octanol–water partition coefficient (Wildman–Crippen LogP) is 3.38. The van der Waals surface area contributed by atoms with Crippen LogP contribution < -0.4 is 16.0 Å². The number of carbonyl (C=O) groups is 1. The van der Waals surface area contributed by atoms with Gasteiger partial charge in [-0.25, -0.2) is 14.2 Å². The van der Waals surface area contributed by atoms with Crippen LogP contribution in [0, 0.1) is 0 Å². The van der Waals surface area contributed by atoms with Gasteiger partial charge in [-0.15, -0.1) is 0 Å². The van der Waals surface area contributed by atoms with Gasteiger partial charge >= 0.3 is 17.8 Å². The van der Waals surface area contributed by atoms with Gasteiger partial charge in [0.15, 0.2) is 5.69 Å². The zero-order valence-corrected chi connectivity index (χ0v) is 16.5. The van der Waals surface area contributed by atoms with Crippen molar-refractivity contribution in [3.05, 3.63) is 86.8 Å². The highest BCUT2D eigenvalue weighted by atomic mass is 32.1. The van der Waals surface area contributed by atoms with Gasteiger partial charge in [-0.2, -0.15) is 17.5 Å². The van der Waals surface area contributed by atoms with Crippen LogP contribution in [0.2, 0.25) is 0 Å². The average Bonchev–Trinajstić information content (AvgIpc) is 3.14. The number of nitrogens with zero attached hydrogens (tertiary/aromatic N) is 3. The normalized spacial score (nSPS) is 11.6. The first-order valence-corrected chi connectivity index (χ1v) is 9.51. The molecule has 0 aliphatic rings. The van der Waals surface area contributed by atoms with E-state index in [4.69, 9.17) is 4.74 Å². The van der Waals surface area contributed by atoms with Gasteiger partial charge in [-0.1, -0.05) is 18.2 Å². The van der Waals surface area contributed by atoms with Crippen LogP contribution in [0.5, 0.6) is 5.75 Å². The molecule has 0 N–H and O–H groups in total. The predicted molar refractivity (Wildman–Crippen MR) is 107 cm³/mol. The SMILES string of the molecule is Cn1c(C(F)(F)F)cc(=O)n(-c2ccc3snc(C(=O)Oc4ccccc4)c3c2)c1=O. The van der Waals surface area contributed by atoms with E-state index in [1.165, 1.54) is 18.2 Å². The molecule has 2 heterocycles. The van der Waals surface area contributed by atoms with Crippen LogP contribution >= 0.6 is 11.5 Å². The fraction of sp³-hybridized carbons (Fsp3) is 0.100. The quantitative estimate of drug-likeness (QED) is 0.355. The molecular formula is C20H12F3N3O4S. The van der Waals surface area contributed by atoms with Gasteiger partial charge < -0.3 is 4.74 Å². The van der Waals surface area contributed by atoms with Crippen LogP contribution in [0.3, 0.4) is 0 Å². The molecule has 158 valence electrons. The maximum Gasteiger partial charge on any atom is 0.431 e. The van der Waals surface area contributed by atoms with E-state index in [0.29, 0.717) is 31.0 Å². The number of rotatable bonds is 3. The van der Waals surface area contributed by atoms with Crippen molar-refractivity contribution in [1.82, 2.24) is 13.5 Å². The summed E-state index contributed by atoms with van der Waals surface area (Å²) < 4.78 is 50.1. The van der Waals surface area contributed by atoms with E-state index < -0.39 is 29.1 Å². The van der Waals surface area contributed by atoms with Gasteiger partial charge in [0.1, 0.15) is 11.4 Å². The minimum Gasteiger partial charge on any atom is -0.422 e. The molecular weight excluding hydrogens is 435 g/mol. The van der Waals surface area contributed by atoms with E-state index in [1.807, 2.05) is 0 Å². The molecule has 0 spiro atoms. The summed E-state index contributed by atoms with van der Waals surface area (Å²) in [6.07, 6.45) is -4.86. The van der Waals surface area contributed by atoms with Crippen molar-refractivity contribution in [2.45, 2.75) is 6.18 Å². The molecule has 0 aliphatic heterocycles. The Balaban J connectivity index is 1.82. The molecule has 0 saturated heterocycles. The van der Waals surface area contributed by atoms with Crippen molar-refractivity contribution >= 4 is 27.6 Å². The molecule has 11 heteroatoms. The summed E-state index contributed by atoms with van der Waals surface area (Å²) in [4.78, 5) is 37.4. The fourth-order valence-electron chi connectivity index (χ4n) is 2.99. The van der Waals surface area contributed by atoms with Crippen molar-refractivity contribution in [1.29, 1.82) is 0 Å². The van der Waals surface area contributed by atoms with Crippen LogP contribution in [0.4, 0.5) is 13.2 Å². The molecule has 2 aromatic heterocycles. The third-order valence-corrected chi connectivity index (χ3v) is 5.30. The van der Waals surface area contributed by atoms with Crippen molar-refractivity contribution in [2.75, 3.05) is 0 Å². The van der Waals surface area contributed by atoms with Gasteiger partial charge in [0, 0.05) is 18.5 Å². The Labute approximate surface area is 175 Å². The number of esters is 1. The first-order valence-electron chi connectivity index (χ1n) is 8.74. The van der Waals surface area contributed by atoms with Crippen molar-refractivity contribution < 1.29 is 22.7 Å². The second-order valence-electron chi connectivity index (χ2n) is 6.46. The maximum absolute atomic E-state index is 13.1. The summed E-state index contributed by atoms with van der Waals surface area (Å²) in [5.41, 5.74) is -3.71. The van der Waals surface area contributed by atoms with E-state index >= 15 is 0 Å². The van der Waals surface area contributed by atoms with E-state index in [2.05, 4.69) is 4.37 Å². The van der Waals surface area contributed by atoms with Crippen LogP contribution in [0.1, 0.15) is 16.2 Å². The molecule has 7 nitrogen and oxygen atoms in total. The lowest BCUT2D eigenvalue weighted by Crippen LogP contribution is -2.40. The molecule has 0 aliphatic carbocycles. The monoisotopic (exact) mass is 447 g/mol. The second kappa shape index (κ2) is 7.51.